The quantitative estimate of drug-likeness (QED) is 0.631. The number of benzene rings is 1. The molecule has 1 saturated heterocycles. The van der Waals surface area contributed by atoms with Crippen LogP contribution in [0.15, 0.2) is 66.0 Å². The third kappa shape index (κ3) is 4.39. The summed E-state index contributed by atoms with van der Waals surface area (Å²) in [5.74, 6) is 1.47. The van der Waals surface area contributed by atoms with Gasteiger partial charge in [0.05, 0.1) is 5.75 Å². The van der Waals surface area contributed by atoms with E-state index in [1.807, 2.05) is 47.4 Å². The molecule has 138 valence electrons. The Morgan fingerprint density at radius 2 is 1.85 bits per heavy atom. The summed E-state index contributed by atoms with van der Waals surface area (Å²) in [6, 6.07) is 13.8. The molecule has 2 aromatic heterocycles. The van der Waals surface area contributed by atoms with E-state index in [1.165, 1.54) is 0 Å². The molecule has 0 unspecified atom stereocenters. The van der Waals surface area contributed by atoms with Crippen molar-refractivity contribution in [1.29, 1.82) is 0 Å². The zero-order valence-electron chi connectivity index (χ0n) is 15.0. The van der Waals surface area contributed by atoms with Gasteiger partial charge in [-0.05, 0) is 24.3 Å². The molecule has 1 aromatic carbocycles. The van der Waals surface area contributed by atoms with Crippen molar-refractivity contribution in [1.82, 2.24) is 14.9 Å². The fourth-order valence-corrected chi connectivity index (χ4v) is 4.03. The molecule has 5 nitrogen and oxygen atoms in total. The lowest BCUT2D eigenvalue weighted by Crippen LogP contribution is -2.42. The third-order valence-corrected chi connectivity index (χ3v) is 5.69. The molecular formula is C21H21N3O2S. The number of amides is 1. The Bertz CT molecular complexity index is 906. The molecular weight excluding hydrogens is 358 g/mol. The molecule has 1 aliphatic rings. The summed E-state index contributed by atoms with van der Waals surface area (Å²) in [6.45, 7) is 1.47. The van der Waals surface area contributed by atoms with E-state index in [0.717, 1.165) is 47.5 Å². The number of piperidine rings is 1. The molecule has 0 saturated carbocycles. The highest BCUT2D eigenvalue weighted by molar-refractivity contribution is 8.00. The van der Waals surface area contributed by atoms with Crippen molar-refractivity contribution in [3.63, 3.8) is 0 Å². The number of carbonyl (C=O) groups is 1. The summed E-state index contributed by atoms with van der Waals surface area (Å²) in [6.07, 6.45) is 7.09. The highest BCUT2D eigenvalue weighted by Gasteiger charge is 2.24. The number of aromatic nitrogens is 2. The maximum absolute atomic E-state index is 12.4. The lowest BCUT2D eigenvalue weighted by atomic mass is 10.1. The Morgan fingerprint density at radius 1 is 1.07 bits per heavy atom. The summed E-state index contributed by atoms with van der Waals surface area (Å²) in [5.41, 5.74) is 0.896. The van der Waals surface area contributed by atoms with Gasteiger partial charge >= 0.3 is 0 Å². The van der Waals surface area contributed by atoms with Crippen LogP contribution in [0.5, 0.6) is 5.75 Å². The van der Waals surface area contributed by atoms with Crippen molar-refractivity contribution in [2.24, 2.45) is 0 Å². The number of likely N-dealkylation sites (tertiary alicyclic amines) is 1. The zero-order chi connectivity index (χ0) is 18.5. The first-order chi connectivity index (χ1) is 13.3. The molecule has 6 heteroatoms. The average molecular weight is 379 g/mol. The molecule has 0 atom stereocenters. The summed E-state index contributed by atoms with van der Waals surface area (Å²) in [7, 11) is 0. The standard InChI is InChI=1S/C21H21N3O2S/c25-20(15-27-18-6-11-22-12-7-18)24-13-8-17(9-14-24)26-19-5-1-3-16-4-2-10-23-21(16)19/h1-7,10-12,17H,8-9,13-15H2. The van der Waals surface area contributed by atoms with Gasteiger partial charge in [0.25, 0.3) is 0 Å². The van der Waals surface area contributed by atoms with Crippen LogP contribution < -0.4 is 4.74 Å². The van der Waals surface area contributed by atoms with Gasteiger partial charge in [-0.15, -0.1) is 11.8 Å². The molecule has 0 bridgehead atoms. The Hall–Kier alpha value is -2.60. The van der Waals surface area contributed by atoms with E-state index in [4.69, 9.17) is 4.74 Å². The first-order valence-corrected chi connectivity index (χ1v) is 10.1. The Kier molecular flexibility index (Phi) is 5.53. The first-order valence-electron chi connectivity index (χ1n) is 9.10. The normalized spacial score (nSPS) is 15.0. The van der Waals surface area contributed by atoms with E-state index in [2.05, 4.69) is 9.97 Å². The minimum absolute atomic E-state index is 0.120. The van der Waals surface area contributed by atoms with Crippen molar-refractivity contribution in [2.75, 3.05) is 18.8 Å². The number of para-hydroxylation sites is 1. The number of carbonyl (C=O) groups excluding carboxylic acids is 1. The van der Waals surface area contributed by atoms with Crippen molar-refractivity contribution < 1.29 is 9.53 Å². The zero-order valence-corrected chi connectivity index (χ0v) is 15.8. The summed E-state index contributed by atoms with van der Waals surface area (Å²) < 4.78 is 6.21. The highest BCUT2D eigenvalue weighted by atomic mass is 32.2. The average Bonchev–Trinajstić information content (AvgIpc) is 2.74. The van der Waals surface area contributed by atoms with Gasteiger partial charge in [-0.1, -0.05) is 18.2 Å². The van der Waals surface area contributed by atoms with Crippen molar-refractivity contribution in [2.45, 2.75) is 23.8 Å². The molecule has 0 aliphatic carbocycles. The molecule has 3 heterocycles. The van der Waals surface area contributed by atoms with Crippen LogP contribution >= 0.6 is 11.8 Å². The number of fused-ring (bicyclic) bond motifs is 1. The maximum Gasteiger partial charge on any atom is 0.232 e. The van der Waals surface area contributed by atoms with Crippen LogP contribution in [0.3, 0.4) is 0 Å². The molecule has 4 rings (SSSR count). The van der Waals surface area contributed by atoms with Crippen LogP contribution in [0.25, 0.3) is 10.9 Å². The Morgan fingerprint density at radius 3 is 2.67 bits per heavy atom. The van der Waals surface area contributed by atoms with Crippen molar-refractivity contribution in [3.05, 3.63) is 61.1 Å². The van der Waals surface area contributed by atoms with Gasteiger partial charge in [0.15, 0.2) is 0 Å². The lowest BCUT2D eigenvalue weighted by molar-refractivity contribution is -0.130. The van der Waals surface area contributed by atoms with E-state index in [-0.39, 0.29) is 12.0 Å². The molecule has 1 amide bonds. The number of hydrogen-bond acceptors (Lipinski definition) is 5. The molecule has 0 N–H and O–H groups in total. The number of thioether (sulfide) groups is 1. The van der Waals surface area contributed by atoms with Crippen LogP contribution in [-0.4, -0.2) is 45.7 Å². The highest BCUT2D eigenvalue weighted by Crippen LogP contribution is 2.26. The van der Waals surface area contributed by atoms with Gasteiger partial charge in [0, 0.05) is 54.8 Å². The van der Waals surface area contributed by atoms with Crippen LogP contribution in [0.1, 0.15) is 12.8 Å². The number of nitrogens with zero attached hydrogens (tertiary/aromatic N) is 3. The predicted octanol–water partition coefficient (Wildman–Crippen LogP) is 3.79. The summed E-state index contributed by atoms with van der Waals surface area (Å²) in [5, 5.41) is 1.08. The molecule has 1 aliphatic heterocycles. The van der Waals surface area contributed by atoms with Crippen molar-refractivity contribution in [3.8, 4) is 5.75 Å². The fraction of sp³-hybridized carbons (Fsp3) is 0.286. The SMILES string of the molecule is O=C(CSc1ccncc1)N1CCC(Oc2cccc3cccnc23)CC1. The third-order valence-electron chi connectivity index (χ3n) is 4.70. The topological polar surface area (TPSA) is 55.3 Å². The van der Waals surface area contributed by atoms with E-state index in [0.29, 0.717) is 5.75 Å². The number of rotatable bonds is 5. The monoisotopic (exact) mass is 379 g/mol. The van der Waals surface area contributed by atoms with E-state index < -0.39 is 0 Å². The van der Waals surface area contributed by atoms with Gasteiger partial charge in [-0.3, -0.25) is 14.8 Å². The van der Waals surface area contributed by atoms with E-state index in [1.54, 1.807) is 30.4 Å². The second kappa shape index (κ2) is 8.39. The second-order valence-corrected chi connectivity index (χ2v) is 7.55. The lowest BCUT2D eigenvalue weighted by Gasteiger charge is -2.32. The largest absolute Gasteiger partial charge is 0.488 e. The predicted molar refractivity (Wildman–Crippen MR) is 107 cm³/mol. The summed E-state index contributed by atoms with van der Waals surface area (Å²) in [4.78, 5) is 23.9. The Labute approximate surface area is 162 Å². The smallest absolute Gasteiger partial charge is 0.232 e. The van der Waals surface area contributed by atoms with E-state index in [9.17, 15) is 4.79 Å². The molecule has 0 radical (unpaired) electrons. The molecule has 1 fully saturated rings. The van der Waals surface area contributed by atoms with Gasteiger partial charge in [-0.25, -0.2) is 0 Å². The van der Waals surface area contributed by atoms with Gasteiger partial charge < -0.3 is 9.64 Å². The second-order valence-electron chi connectivity index (χ2n) is 6.50. The minimum Gasteiger partial charge on any atom is -0.488 e. The number of ether oxygens (including phenoxy) is 1. The van der Waals surface area contributed by atoms with Crippen LogP contribution in [0.2, 0.25) is 0 Å². The van der Waals surface area contributed by atoms with Crippen LogP contribution in [0, 0.1) is 0 Å². The van der Waals surface area contributed by atoms with Crippen LogP contribution in [-0.2, 0) is 4.79 Å². The van der Waals surface area contributed by atoms with Gasteiger partial charge in [0.2, 0.25) is 5.91 Å². The molecule has 27 heavy (non-hydrogen) atoms. The number of pyridine rings is 2. The molecule has 0 spiro atoms. The Balaban J connectivity index is 1.30. The number of hydrogen-bond donors (Lipinski definition) is 0. The minimum atomic E-state index is 0.120. The first kappa shape index (κ1) is 17.8. The van der Waals surface area contributed by atoms with Gasteiger partial charge in [0.1, 0.15) is 17.4 Å². The van der Waals surface area contributed by atoms with Crippen molar-refractivity contribution >= 4 is 28.6 Å². The fourth-order valence-electron chi connectivity index (χ4n) is 3.24. The summed E-state index contributed by atoms with van der Waals surface area (Å²) >= 11 is 1.56. The van der Waals surface area contributed by atoms with Crippen LogP contribution in [0.4, 0.5) is 0 Å². The van der Waals surface area contributed by atoms with E-state index >= 15 is 0 Å². The maximum atomic E-state index is 12.4. The molecule has 3 aromatic rings. The van der Waals surface area contributed by atoms with Gasteiger partial charge in [-0.2, -0.15) is 0 Å².